The van der Waals surface area contributed by atoms with Crippen LogP contribution in [0.3, 0.4) is 0 Å². The first-order valence-electron chi connectivity index (χ1n) is 11.6. The fourth-order valence-corrected chi connectivity index (χ4v) is 5.02. The number of amides is 2. The highest BCUT2D eigenvalue weighted by molar-refractivity contribution is 5.80. The van der Waals surface area contributed by atoms with Crippen LogP contribution in [0.5, 0.6) is 0 Å². The molecule has 3 atom stereocenters. The molecular weight excluding hydrogens is 420 g/mol. The zero-order chi connectivity index (χ0) is 23.4. The van der Waals surface area contributed by atoms with Crippen molar-refractivity contribution >= 4 is 18.0 Å². The fourth-order valence-electron chi connectivity index (χ4n) is 5.02. The summed E-state index contributed by atoms with van der Waals surface area (Å²) in [6.45, 7) is 2.10. The molecule has 2 aliphatic carbocycles. The summed E-state index contributed by atoms with van der Waals surface area (Å²) in [5, 5.41) is 14.9. The molecule has 1 fully saturated rings. The molecule has 4 rings (SSSR count). The average molecular weight is 451 g/mol. The van der Waals surface area contributed by atoms with Crippen molar-refractivity contribution in [1.29, 1.82) is 0 Å². The summed E-state index contributed by atoms with van der Waals surface area (Å²) >= 11 is 0. The molecule has 0 bridgehead atoms. The van der Waals surface area contributed by atoms with Gasteiger partial charge in [-0.05, 0) is 41.5 Å². The molecule has 0 aromatic heterocycles. The maximum atomic E-state index is 12.5. The Morgan fingerprint density at radius 2 is 1.67 bits per heavy atom. The van der Waals surface area contributed by atoms with Gasteiger partial charge in [-0.25, -0.2) is 4.79 Å². The van der Waals surface area contributed by atoms with Crippen LogP contribution >= 0.6 is 0 Å². The number of carbonyl (C=O) groups excluding carboxylic acids is 2. The molecule has 0 saturated heterocycles. The Morgan fingerprint density at radius 3 is 2.27 bits per heavy atom. The van der Waals surface area contributed by atoms with Crippen LogP contribution in [0.15, 0.2) is 48.5 Å². The maximum Gasteiger partial charge on any atom is 0.407 e. The number of ether oxygens (including phenoxy) is 1. The van der Waals surface area contributed by atoms with Gasteiger partial charge in [-0.1, -0.05) is 61.9 Å². The van der Waals surface area contributed by atoms with E-state index in [1.165, 1.54) is 0 Å². The van der Waals surface area contributed by atoms with Gasteiger partial charge in [-0.3, -0.25) is 9.59 Å². The second-order valence-electron chi connectivity index (χ2n) is 8.83. The van der Waals surface area contributed by atoms with Crippen LogP contribution in [0.25, 0.3) is 11.1 Å². The van der Waals surface area contributed by atoms with E-state index in [0.29, 0.717) is 19.3 Å². The van der Waals surface area contributed by atoms with Crippen molar-refractivity contribution in [3.05, 3.63) is 59.7 Å². The lowest BCUT2D eigenvalue weighted by Gasteiger charge is -2.21. The van der Waals surface area contributed by atoms with Gasteiger partial charge in [0.15, 0.2) is 0 Å². The molecule has 33 heavy (non-hydrogen) atoms. The third-order valence-electron chi connectivity index (χ3n) is 6.77. The van der Waals surface area contributed by atoms with Gasteiger partial charge in [0.2, 0.25) is 5.91 Å². The number of hydrogen-bond acceptors (Lipinski definition) is 4. The summed E-state index contributed by atoms with van der Waals surface area (Å²) in [7, 11) is 0. The van der Waals surface area contributed by atoms with Crippen LogP contribution < -0.4 is 10.6 Å². The summed E-state index contributed by atoms with van der Waals surface area (Å²) < 4.78 is 5.58. The highest BCUT2D eigenvalue weighted by atomic mass is 16.5. The largest absolute Gasteiger partial charge is 0.481 e. The highest BCUT2D eigenvalue weighted by Crippen LogP contribution is 2.44. The van der Waals surface area contributed by atoms with E-state index < -0.39 is 18.0 Å². The minimum atomic E-state index is -0.874. The smallest absolute Gasteiger partial charge is 0.407 e. The SMILES string of the molecule is CCC(CC(=O)NC1CCCC1C(=O)O)NC(=O)OCC1c2ccccc2-c2ccccc21. The Kier molecular flexibility index (Phi) is 6.96. The molecule has 2 aromatic carbocycles. The van der Waals surface area contributed by atoms with E-state index in [1.807, 2.05) is 31.2 Å². The van der Waals surface area contributed by atoms with Gasteiger partial charge >= 0.3 is 12.1 Å². The number of carboxylic acid groups (broad SMARTS) is 1. The predicted octanol–water partition coefficient (Wildman–Crippen LogP) is 4.06. The number of benzene rings is 2. The Morgan fingerprint density at radius 1 is 1.03 bits per heavy atom. The quantitative estimate of drug-likeness (QED) is 0.563. The van der Waals surface area contributed by atoms with Gasteiger partial charge in [0.25, 0.3) is 0 Å². The Hall–Kier alpha value is -3.35. The fraction of sp³-hybridized carbons (Fsp3) is 0.423. The van der Waals surface area contributed by atoms with E-state index in [-0.39, 0.29) is 36.9 Å². The van der Waals surface area contributed by atoms with Crippen molar-refractivity contribution in [1.82, 2.24) is 10.6 Å². The molecular formula is C26H30N2O5. The minimum Gasteiger partial charge on any atom is -0.481 e. The summed E-state index contributed by atoms with van der Waals surface area (Å²) in [6, 6.07) is 15.6. The third-order valence-corrected chi connectivity index (χ3v) is 6.77. The summed E-state index contributed by atoms with van der Waals surface area (Å²) in [5.74, 6) is -1.69. The van der Waals surface area contributed by atoms with Crippen LogP contribution in [0.2, 0.25) is 0 Å². The number of alkyl carbamates (subject to hydrolysis) is 1. The predicted molar refractivity (Wildman–Crippen MR) is 124 cm³/mol. The van der Waals surface area contributed by atoms with Gasteiger partial charge in [0.1, 0.15) is 6.61 Å². The number of carboxylic acids is 1. The van der Waals surface area contributed by atoms with Gasteiger partial charge in [0, 0.05) is 24.4 Å². The topological polar surface area (TPSA) is 105 Å². The number of aliphatic carboxylic acids is 1. The van der Waals surface area contributed by atoms with Crippen molar-refractivity contribution in [2.75, 3.05) is 6.61 Å². The van der Waals surface area contributed by atoms with Gasteiger partial charge in [-0.2, -0.15) is 0 Å². The summed E-state index contributed by atoms with van der Waals surface area (Å²) in [4.78, 5) is 36.3. The van der Waals surface area contributed by atoms with E-state index in [0.717, 1.165) is 28.7 Å². The van der Waals surface area contributed by atoms with Gasteiger partial charge < -0.3 is 20.5 Å². The van der Waals surface area contributed by atoms with Crippen molar-refractivity contribution in [3.63, 3.8) is 0 Å². The van der Waals surface area contributed by atoms with E-state index in [2.05, 4.69) is 34.9 Å². The molecule has 7 heteroatoms. The van der Waals surface area contributed by atoms with Crippen LogP contribution in [0, 0.1) is 5.92 Å². The molecule has 3 unspecified atom stereocenters. The Balaban J connectivity index is 1.31. The van der Waals surface area contributed by atoms with Gasteiger partial charge in [-0.15, -0.1) is 0 Å². The molecule has 1 saturated carbocycles. The third kappa shape index (κ3) is 5.02. The van der Waals surface area contributed by atoms with E-state index >= 15 is 0 Å². The Bertz CT molecular complexity index is 991. The molecule has 2 aliphatic rings. The molecule has 2 amide bonds. The molecule has 7 nitrogen and oxygen atoms in total. The first kappa shape index (κ1) is 22.8. The number of fused-ring (bicyclic) bond motifs is 3. The number of hydrogen-bond donors (Lipinski definition) is 3. The molecule has 3 N–H and O–H groups in total. The lowest BCUT2D eigenvalue weighted by Crippen LogP contribution is -2.44. The van der Waals surface area contributed by atoms with Gasteiger partial charge in [0.05, 0.1) is 5.92 Å². The minimum absolute atomic E-state index is 0.0261. The zero-order valence-corrected chi connectivity index (χ0v) is 18.8. The molecule has 174 valence electrons. The normalized spacial score (nSPS) is 19.9. The molecule has 0 aliphatic heterocycles. The second-order valence-corrected chi connectivity index (χ2v) is 8.83. The number of carbonyl (C=O) groups is 3. The van der Waals surface area contributed by atoms with E-state index in [1.54, 1.807) is 0 Å². The second kappa shape index (κ2) is 10.1. The first-order valence-corrected chi connectivity index (χ1v) is 11.6. The maximum absolute atomic E-state index is 12.5. The Labute approximate surface area is 193 Å². The molecule has 0 spiro atoms. The van der Waals surface area contributed by atoms with Crippen molar-refractivity contribution in [2.45, 2.75) is 57.0 Å². The lowest BCUT2D eigenvalue weighted by atomic mass is 9.98. The summed E-state index contributed by atoms with van der Waals surface area (Å²) in [6.07, 6.45) is 2.13. The number of nitrogens with one attached hydrogen (secondary N) is 2. The summed E-state index contributed by atoms with van der Waals surface area (Å²) in [5.41, 5.74) is 4.61. The average Bonchev–Trinajstić information content (AvgIpc) is 3.40. The standard InChI is InChI=1S/C26H30N2O5/c1-2-16(14-24(29)28-23-13-7-12-21(23)25(30)31)27-26(32)33-15-22-19-10-5-3-8-17(19)18-9-4-6-11-20(18)22/h3-6,8-11,16,21-23H,2,7,12-15H2,1H3,(H,27,32)(H,28,29)(H,30,31). The molecule has 2 aromatic rings. The van der Waals surface area contributed by atoms with Crippen LogP contribution in [0.4, 0.5) is 4.79 Å². The van der Waals surface area contributed by atoms with Crippen LogP contribution in [-0.4, -0.2) is 41.8 Å². The van der Waals surface area contributed by atoms with Crippen molar-refractivity contribution in [3.8, 4) is 11.1 Å². The highest BCUT2D eigenvalue weighted by Gasteiger charge is 2.34. The monoisotopic (exact) mass is 450 g/mol. The molecule has 0 heterocycles. The lowest BCUT2D eigenvalue weighted by molar-refractivity contribution is -0.142. The first-order chi connectivity index (χ1) is 16.0. The van der Waals surface area contributed by atoms with Crippen molar-refractivity contribution in [2.24, 2.45) is 5.92 Å². The zero-order valence-electron chi connectivity index (χ0n) is 18.8. The van der Waals surface area contributed by atoms with Crippen LogP contribution in [0.1, 0.15) is 56.1 Å². The molecule has 0 radical (unpaired) electrons. The van der Waals surface area contributed by atoms with Crippen LogP contribution in [-0.2, 0) is 14.3 Å². The van der Waals surface area contributed by atoms with E-state index in [4.69, 9.17) is 4.74 Å². The number of rotatable bonds is 8. The van der Waals surface area contributed by atoms with E-state index in [9.17, 15) is 19.5 Å². The van der Waals surface area contributed by atoms with Crippen molar-refractivity contribution < 1.29 is 24.2 Å².